The molecule has 8 heavy (non-hydrogen) atoms. The Morgan fingerprint density at radius 2 is 2.25 bits per heavy atom. The van der Waals surface area contributed by atoms with Crippen molar-refractivity contribution in [3.8, 4) is 0 Å². The first-order valence-corrected chi connectivity index (χ1v) is 2.50. The zero-order chi connectivity index (χ0) is 6.41. The van der Waals surface area contributed by atoms with Crippen LogP contribution in [0.3, 0.4) is 0 Å². The van der Waals surface area contributed by atoms with Gasteiger partial charge >= 0.3 is 0 Å². The third-order valence-electron chi connectivity index (χ3n) is 0.767. The molecule has 0 bridgehead atoms. The van der Waals surface area contributed by atoms with Gasteiger partial charge in [0.25, 0.3) is 0 Å². The van der Waals surface area contributed by atoms with E-state index in [0.717, 1.165) is 0 Å². The van der Waals surface area contributed by atoms with Gasteiger partial charge in [-0.05, 0) is 12.8 Å². The highest BCUT2D eigenvalue weighted by Gasteiger charge is 1.99. The Morgan fingerprint density at radius 3 is 2.62 bits per heavy atom. The fourth-order valence-corrected chi connectivity index (χ4v) is 0.335. The van der Waals surface area contributed by atoms with Crippen LogP contribution in [0.4, 0.5) is 0 Å². The molecule has 0 aromatic heterocycles. The molecular weight excluding hydrogens is 108 g/mol. The highest BCUT2D eigenvalue weighted by molar-refractivity contribution is 4.67. The van der Waals surface area contributed by atoms with Gasteiger partial charge in [-0.3, -0.25) is 0 Å². The van der Waals surface area contributed by atoms with E-state index in [1.807, 2.05) is 0 Å². The maximum Gasteiger partial charge on any atom is 0.0855 e. The van der Waals surface area contributed by atoms with Gasteiger partial charge in [0.1, 0.15) is 0 Å². The van der Waals surface area contributed by atoms with Crippen LogP contribution >= 0.6 is 0 Å². The third-order valence-corrected chi connectivity index (χ3v) is 0.767. The van der Waals surface area contributed by atoms with Crippen molar-refractivity contribution < 1.29 is 15.3 Å². The molecule has 3 nitrogen and oxygen atoms in total. The molecule has 0 rings (SSSR count). The van der Waals surface area contributed by atoms with Gasteiger partial charge < -0.3 is 10.2 Å². The van der Waals surface area contributed by atoms with Crippen LogP contribution in [0.15, 0.2) is 0 Å². The highest BCUT2D eigenvalue weighted by atomic mass is 16.3. The number of aliphatic hydroxyl groups is 2. The fourth-order valence-electron chi connectivity index (χ4n) is 0.335. The molecule has 0 aromatic carbocycles. The van der Waals surface area contributed by atoms with Crippen LogP contribution in [-0.2, 0) is 5.11 Å². The third kappa shape index (κ3) is 4.05. The van der Waals surface area contributed by atoms with Crippen LogP contribution < -0.4 is 0 Å². The van der Waals surface area contributed by atoms with Crippen molar-refractivity contribution in [2.75, 3.05) is 13.2 Å². The van der Waals surface area contributed by atoms with E-state index in [4.69, 9.17) is 10.2 Å². The summed E-state index contributed by atoms with van der Waals surface area (Å²) in [4.78, 5) is 0. The molecule has 0 aromatic rings. The lowest BCUT2D eigenvalue weighted by Crippen LogP contribution is -2.11. The summed E-state index contributed by atoms with van der Waals surface area (Å²) in [5, 5.41) is 26.5. The first-order valence-electron chi connectivity index (χ1n) is 2.50. The number of rotatable bonds is 4. The predicted molar refractivity (Wildman–Crippen MR) is 27.6 cm³/mol. The molecule has 0 amide bonds. The summed E-state index contributed by atoms with van der Waals surface area (Å²) in [6, 6.07) is 0. The standard InChI is InChI=1S/C5H10O3/c6-3-1-2-5(8)4-7/h1,5,7-8H,2-4H2. The van der Waals surface area contributed by atoms with E-state index in [1.54, 1.807) is 0 Å². The molecule has 0 saturated heterocycles. The Morgan fingerprint density at radius 1 is 1.62 bits per heavy atom. The molecule has 0 heterocycles. The van der Waals surface area contributed by atoms with E-state index in [9.17, 15) is 5.11 Å². The largest absolute Gasteiger partial charge is 0.394 e. The van der Waals surface area contributed by atoms with Crippen molar-refractivity contribution in [1.29, 1.82) is 0 Å². The minimum Gasteiger partial charge on any atom is -0.394 e. The number of aliphatic hydroxyl groups excluding tert-OH is 2. The first-order chi connectivity index (χ1) is 3.81. The maximum atomic E-state index is 9.70. The van der Waals surface area contributed by atoms with Crippen LogP contribution in [0.2, 0.25) is 0 Å². The van der Waals surface area contributed by atoms with Crippen LogP contribution in [-0.4, -0.2) is 29.5 Å². The number of hydrogen-bond donors (Lipinski definition) is 2. The van der Waals surface area contributed by atoms with Gasteiger partial charge in [-0.15, -0.1) is 0 Å². The predicted octanol–water partition coefficient (Wildman–Crippen LogP) is -0.636. The summed E-state index contributed by atoms with van der Waals surface area (Å²) in [6.45, 7) is -0.562. The van der Waals surface area contributed by atoms with Gasteiger partial charge in [-0.25, -0.2) is 5.11 Å². The first kappa shape index (κ1) is 7.88. The molecule has 0 fully saturated rings. The van der Waals surface area contributed by atoms with Gasteiger partial charge in [0, 0.05) is 0 Å². The van der Waals surface area contributed by atoms with E-state index in [0.29, 0.717) is 6.42 Å². The summed E-state index contributed by atoms with van der Waals surface area (Å²) in [6.07, 6.45) is 0.935. The molecule has 2 N–H and O–H groups in total. The fraction of sp³-hybridized carbons (Fsp3) is 0.800. The van der Waals surface area contributed by atoms with E-state index >= 15 is 0 Å². The monoisotopic (exact) mass is 118 g/mol. The summed E-state index contributed by atoms with van der Waals surface area (Å²) < 4.78 is 0. The Hall–Kier alpha value is -0.120. The SMILES string of the molecule is [O]C[CH]CC(O)CO. The summed E-state index contributed by atoms with van der Waals surface area (Å²) in [5.41, 5.74) is 0. The molecule has 1 atom stereocenters. The van der Waals surface area contributed by atoms with Crippen molar-refractivity contribution in [3.05, 3.63) is 6.42 Å². The maximum absolute atomic E-state index is 9.70. The van der Waals surface area contributed by atoms with E-state index < -0.39 is 6.10 Å². The van der Waals surface area contributed by atoms with E-state index in [-0.39, 0.29) is 13.2 Å². The average Bonchev–Trinajstić information content (AvgIpc) is 1.83. The minimum absolute atomic E-state index is 0.267. The molecule has 48 valence electrons. The van der Waals surface area contributed by atoms with Crippen molar-refractivity contribution in [2.45, 2.75) is 12.5 Å². The summed E-state index contributed by atoms with van der Waals surface area (Å²) in [7, 11) is 0. The zero-order valence-electron chi connectivity index (χ0n) is 4.58. The van der Waals surface area contributed by atoms with Gasteiger partial charge in [0.2, 0.25) is 0 Å². The van der Waals surface area contributed by atoms with Gasteiger partial charge in [0.15, 0.2) is 0 Å². The summed E-state index contributed by atoms with van der Waals surface area (Å²) >= 11 is 0. The second kappa shape index (κ2) is 5.03. The smallest absolute Gasteiger partial charge is 0.0855 e. The molecule has 0 spiro atoms. The molecule has 0 aliphatic rings. The Balaban J connectivity index is 2.86. The second-order valence-electron chi connectivity index (χ2n) is 1.53. The zero-order valence-corrected chi connectivity index (χ0v) is 4.58. The number of hydrogen-bond acceptors (Lipinski definition) is 2. The Labute approximate surface area is 48.6 Å². The van der Waals surface area contributed by atoms with Crippen LogP contribution in [0.25, 0.3) is 0 Å². The van der Waals surface area contributed by atoms with Crippen molar-refractivity contribution >= 4 is 0 Å². The Kier molecular flexibility index (Phi) is 4.95. The van der Waals surface area contributed by atoms with Crippen LogP contribution in [0.5, 0.6) is 0 Å². The molecule has 2 radical (unpaired) electrons. The quantitative estimate of drug-likeness (QED) is 0.516. The average molecular weight is 118 g/mol. The topological polar surface area (TPSA) is 60.4 Å². The molecule has 0 aliphatic heterocycles. The lowest BCUT2D eigenvalue weighted by molar-refractivity contribution is 0.0895. The Bertz CT molecular complexity index is 46.9. The van der Waals surface area contributed by atoms with E-state index in [2.05, 4.69) is 0 Å². The molecule has 0 aliphatic carbocycles. The summed E-state index contributed by atoms with van der Waals surface area (Å²) in [5.74, 6) is 0. The molecular formula is C5H10O3. The lowest BCUT2D eigenvalue weighted by atomic mass is 10.2. The van der Waals surface area contributed by atoms with Gasteiger partial charge in [-0.1, -0.05) is 0 Å². The van der Waals surface area contributed by atoms with Crippen molar-refractivity contribution in [1.82, 2.24) is 0 Å². The molecule has 3 heteroatoms. The van der Waals surface area contributed by atoms with Gasteiger partial charge in [-0.2, -0.15) is 0 Å². The van der Waals surface area contributed by atoms with E-state index in [1.165, 1.54) is 6.42 Å². The normalized spacial score (nSPS) is 13.9. The van der Waals surface area contributed by atoms with Gasteiger partial charge in [0.05, 0.1) is 19.3 Å². The second-order valence-corrected chi connectivity index (χ2v) is 1.53. The van der Waals surface area contributed by atoms with Crippen LogP contribution in [0, 0.1) is 6.42 Å². The molecule has 1 unspecified atom stereocenters. The van der Waals surface area contributed by atoms with Crippen molar-refractivity contribution in [3.63, 3.8) is 0 Å². The highest BCUT2D eigenvalue weighted by Crippen LogP contribution is 1.92. The lowest BCUT2D eigenvalue weighted by Gasteiger charge is -2.01. The van der Waals surface area contributed by atoms with Crippen LogP contribution in [0.1, 0.15) is 6.42 Å². The molecule has 0 saturated carbocycles. The minimum atomic E-state index is -0.746. The van der Waals surface area contributed by atoms with Crippen molar-refractivity contribution in [2.24, 2.45) is 0 Å².